The first-order chi connectivity index (χ1) is 16.5. The van der Waals surface area contributed by atoms with Crippen molar-refractivity contribution in [3.05, 3.63) is 69.4 Å². The van der Waals surface area contributed by atoms with E-state index in [1.165, 1.54) is 29.8 Å². The number of esters is 1. The van der Waals surface area contributed by atoms with Gasteiger partial charge in [-0.2, -0.15) is 0 Å². The van der Waals surface area contributed by atoms with Gasteiger partial charge in [-0.25, -0.2) is 4.79 Å². The Hall–Kier alpha value is -3.88. The number of benzene rings is 2. The Balaban J connectivity index is 1.15. The van der Waals surface area contributed by atoms with Crippen molar-refractivity contribution in [2.75, 3.05) is 37.7 Å². The highest BCUT2D eigenvalue weighted by Gasteiger charge is 2.23. The molecule has 1 fully saturated rings. The number of nitro benzene ring substituents is 1. The van der Waals surface area contributed by atoms with Crippen LogP contribution in [0.5, 0.6) is 0 Å². The van der Waals surface area contributed by atoms with Gasteiger partial charge in [0.25, 0.3) is 11.6 Å². The van der Waals surface area contributed by atoms with Gasteiger partial charge < -0.3 is 19.5 Å². The van der Waals surface area contributed by atoms with Gasteiger partial charge in [-0.15, -0.1) is 0 Å². The first-order valence-electron chi connectivity index (χ1n) is 11.6. The standard InChI is InChI=1S/C25H26N4O5/c30-24(28-13-11-27(12-14-28)18-6-8-19(9-7-18)29(32)33)16-34-25(31)17-5-10-23-21(15-17)20-3-1-2-4-22(20)26-23/h5-10,15,26H,1-4,11-14,16H2. The number of H-pyrrole nitrogens is 1. The van der Waals surface area contributed by atoms with E-state index in [-0.39, 0.29) is 18.2 Å². The van der Waals surface area contributed by atoms with E-state index in [0.29, 0.717) is 31.7 Å². The van der Waals surface area contributed by atoms with Crippen LogP contribution in [0.4, 0.5) is 11.4 Å². The summed E-state index contributed by atoms with van der Waals surface area (Å²) in [5.41, 5.74) is 4.97. The number of hydrogen-bond acceptors (Lipinski definition) is 6. The molecule has 2 heterocycles. The topological polar surface area (TPSA) is 109 Å². The van der Waals surface area contributed by atoms with Crippen molar-refractivity contribution < 1.29 is 19.2 Å². The van der Waals surface area contributed by atoms with Crippen molar-refractivity contribution in [2.24, 2.45) is 0 Å². The number of aromatic amines is 1. The van der Waals surface area contributed by atoms with Crippen LogP contribution in [0.2, 0.25) is 0 Å². The summed E-state index contributed by atoms with van der Waals surface area (Å²) in [4.78, 5) is 42.8. The summed E-state index contributed by atoms with van der Waals surface area (Å²) in [5.74, 6) is -0.720. The number of rotatable bonds is 5. The molecule has 9 nitrogen and oxygen atoms in total. The SMILES string of the molecule is O=C(OCC(=O)N1CCN(c2ccc([N+](=O)[O-])cc2)CC1)c1ccc2[nH]c3c(c2c1)CCCC3. The second-order valence-corrected chi connectivity index (χ2v) is 8.77. The van der Waals surface area contributed by atoms with E-state index >= 15 is 0 Å². The Labute approximate surface area is 196 Å². The third-order valence-electron chi connectivity index (χ3n) is 6.72. The molecule has 0 atom stereocenters. The zero-order valence-corrected chi connectivity index (χ0v) is 18.8. The number of aromatic nitrogens is 1. The molecule has 5 rings (SSSR count). The Bertz CT molecular complexity index is 1240. The Morgan fingerprint density at radius 3 is 2.47 bits per heavy atom. The predicted octanol–water partition coefficient (Wildman–Crippen LogP) is 3.46. The fourth-order valence-electron chi connectivity index (χ4n) is 4.83. The lowest BCUT2D eigenvalue weighted by molar-refractivity contribution is -0.384. The predicted molar refractivity (Wildman–Crippen MR) is 127 cm³/mol. The van der Waals surface area contributed by atoms with E-state index in [2.05, 4.69) is 9.88 Å². The molecule has 0 spiro atoms. The van der Waals surface area contributed by atoms with Gasteiger partial charge in [0.05, 0.1) is 10.5 Å². The van der Waals surface area contributed by atoms with Crippen LogP contribution in [0.1, 0.15) is 34.5 Å². The number of nitro groups is 1. The highest BCUT2D eigenvalue weighted by molar-refractivity contribution is 5.97. The normalized spacial score (nSPS) is 15.8. The number of amides is 1. The van der Waals surface area contributed by atoms with E-state index in [1.54, 1.807) is 23.1 Å². The smallest absolute Gasteiger partial charge is 0.338 e. The van der Waals surface area contributed by atoms with E-state index in [4.69, 9.17) is 4.74 Å². The van der Waals surface area contributed by atoms with Gasteiger partial charge in [-0.1, -0.05) is 0 Å². The maximum atomic E-state index is 12.6. The molecule has 176 valence electrons. The zero-order valence-electron chi connectivity index (χ0n) is 18.8. The number of piperazine rings is 1. The highest BCUT2D eigenvalue weighted by Crippen LogP contribution is 2.30. The van der Waals surface area contributed by atoms with Crippen molar-refractivity contribution in [1.29, 1.82) is 0 Å². The number of carbonyl (C=O) groups is 2. The number of hydrogen-bond donors (Lipinski definition) is 1. The van der Waals surface area contributed by atoms with E-state index in [9.17, 15) is 19.7 Å². The number of fused-ring (bicyclic) bond motifs is 3. The highest BCUT2D eigenvalue weighted by atomic mass is 16.6. The van der Waals surface area contributed by atoms with Gasteiger partial charge in [0.15, 0.2) is 6.61 Å². The fraction of sp³-hybridized carbons (Fsp3) is 0.360. The van der Waals surface area contributed by atoms with Crippen LogP contribution in [0, 0.1) is 10.1 Å². The molecule has 0 bridgehead atoms. The monoisotopic (exact) mass is 462 g/mol. The molecule has 2 aliphatic rings. The number of nitrogens with one attached hydrogen (secondary N) is 1. The number of aryl methyl sites for hydroxylation is 2. The molecule has 0 radical (unpaired) electrons. The molecular weight excluding hydrogens is 436 g/mol. The number of ether oxygens (including phenoxy) is 1. The van der Waals surface area contributed by atoms with Crippen molar-refractivity contribution in [1.82, 2.24) is 9.88 Å². The van der Waals surface area contributed by atoms with Gasteiger partial charge in [-0.3, -0.25) is 14.9 Å². The van der Waals surface area contributed by atoms with Crippen molar-refractivity contribution >= 4 is 34.2 Å². The molecule has 1 aliphatic heterocycles. The van der Waals surface area contributed by atoms with Crippen LogP contribution in [-0.4, -0.2) is 59.5 Å². The van der Waals surface area contributed by atoms with Crippen LogP contribution < -0.4 is 4.90 Å². The van der Waals surface area contributed by atoms with E-state index in [1.807, 2.05) is 12.1 Å². The molecule has 1 amide bonds. The summed E-state index contributed by atoms with van der Waals surface area (Å²) >= 11 is 0. The zero-order chi connectivity index (χ0) is 23.7. The second-order valence-electron chi connectivity index (χ2n) is 8.77. The van der Waals surface area contributed by atoms with Gasteiger partial charge in [0, 0.05) is 60.6 Å². The van der Waals surface area contributed by atoms with Crippen LogP contribution in [-0.2, 0) is 22.4 Å². The minimum absolute atomic E-state index is 0.0509. The molecule has 3 aromatic rings. The number of carbonyl (C=O) groups excluding carboxylic acids is 2. The molecule has 1 saturated heterocycles. The van der Waals surface area contributed by atoms with Gasteiger partial charge in [-0.05, 0) is 61.6 Å². The summed E-state index contributed by atoms with van der Waals surface area (Å²) in [6.45, 7) is 1.91. The summed E-state index contributed by atoms with van der Waals surface area (Å²) < 4.78 is 5.34. The molecular formula is C25H26N4O5. The van der Waals surface area contributed by atoms with Crippen LogP contribution in [0.3, 0.4) is 0 Å². The van der Waals surface area contributed by atoms with Crippen molar-refractivity contribution in [3.63, 3.8) is 0 Å². The summed E-state index contributed by atoms with van der Waals surface area (Å²) in [6.07, 6.45) is 4.38. The summed E-state index contributed by atoms with van der Waals surface area (Å²) in [7, 11) is 0. The van der Waals surface area contributed by atoms with Crippen LogP contribution >= 0.6 is 0 Å². The number of non-ortho nitro benzene ring substituents is 1. The maximum absolute atomic E-state index is 12.6. The third-order valence-corrected chi connectivity index (χ3v) is 6.72. The van der Waals surface area contributed by atoms with Gasteiger partial charge in [0.1, 0.15) is 0 Å². The Kier molecular flexibility index (Phi) is 5.91. The number of nitrogens with zero attached hydrogens (tertiary/aromatic N) is 3. The molecule has 34 heavy (non-hydrogen) atoms. The first-order valence-corrected chi connectivity index (χ1v) is 11.6. The van der Waals surface area contributed by atoms with Crippen molar-refractivity contribution in [3.8, 4) is 0 Å². The van der Waals surface area contributed by atoms with E-state index < -0.39 is 10.9 Å². The van der Waals surface area contributed by atoms with E-state index in [0.717, 1.165) is 35.9 Å². The molecule has 1 aromatic heterocycles. The lowest BCUT2D eigenvalue weighted by Gasteiger charge is -2.36. The lowest BCUT2D eigenvalue weighted by Crippen LogP contribution is -2.49. The molecule has 0 unspecified atom stereocenters. The Morgan fingerprint density at radius 2 is 1.74 bits per heavy atom. The molecule has 1 N–H and O–H groups in total. The fourth-order valence-corrected chi connectivity index (χ4v) is 4.83. The second kappa shape index (κ2) is 9.17. The maximum Gasteiger partial charge on any atom is 0.338 e. The van der Waals surface area contributed by atoms with Gasteiger partial charge in [0.2, 0.25) is 0 Å². The molecule has 0 saturated carbocycles. The van der Waals surface area contributed by atoms with Crippen LogP contribution in [0.15, 0.2) is 42.5 Å². The average molecular weight is 463 g/mol. The minimum atomic E-state index is -0.495. The summed E-state index contributed by atoms with van der Waals surface area (Å²) in [5, 5.41) is 11.9. The summed E-state index contributed by atoms with van der Waals surface area (Å²) in [6, 6.07) is 11.9. The molecule has 9 heteroatoms. The largest absolute Gasteiger partial charge is 0.452 e. The quantitative estimate of drug-likeness (QED) is 0.353. The molecule has 1 aliphatic carbocycles. The Morgan fingerprint density at radius 1 is 1.00 bits per heavy atom. The van der Waals surface area contributed by atoms with Crippen molar-refractivity contribution in [2.45, 2.75) is 25.7 Å². The minimum Gasteiger partial charge on any atom is -0.452 e. The van der Waals surface area contributed by atoms with Crippen LogP contribution in [0.25, 0.3) is 10.9 Å². The average Bonchev–Trinajstić information content (AvgIpc) is 3.25. The molecule has 2 aromatic carbocycles. The lowest BCUT2D eigenvalue weighted by atomic mass is 9.95. The first kappa shape index (κ1) is 21.9. The third kappa shape index (κ3) is 4.33. The number of anilines is 1. The van der Waals surface area contributed by atoms with Gasteiger partial charge >= 0.3 is 5.97 Å².